The SMILES string of the molecule is CCOC(=O)c1sc(NC(=O)CSc2nnc(CNC(=O)c3cccc(OC)c3)n2-c2cccc(C)c2C)c(C(=O)OCC)c1C. The molecule has 0 spiro atoms. The van der Waals surface area contributed by atoms with E-state index < -0.39 is 17.8 Å². The molecule has 2 N–H and O–H groups in total. The minimum atomic E-state index is -0.648. The predicted molar refractivity (Wildman–Crippen MR) is 175 cm³/mol. The standard InChI is InChI=1S/C32H35N5O7S2/c1-7-43-30(40)26-20(5)27(31(41)44-8-2)46-29(26)34-25(38)17-45-32-36-35-24(37(32)23-14-9-11-18(3)19(23)4)16-33-28(39)21-12-10-13-22(15-21)42-6/h9-15H,7-8,16-17H2,1-6H3,(H,33,39)(H,34,38). The maximum Gasteiger partial charge on any atom is 0.348 e. The highest BCUT2D eigenvalue weighted by Crippen LogP contribution is 2.35. The smallest absolute Gasteiger partial charge is 0.348 e. The van der Waals surface area contributed by atoms with E-state index in [0.29, 0.717) is 27.9 Å². The van der Waals surface area contributed by atoms with Crippen LogP contribution in [0.4, 0.5) is 5.00 Å². The number of thioether (sulfide) groups is 1. The van der Waals surface area contributed by atoms with Crippen molar-refractivity contribution >= 4 is 51.9 Å². The molecule has 4 aromatic rings. The summed E-state index contributed by atoms with van der Waals surface area (Å²) in [6, 6.07) is 12.6. The summed E-state index contributed by atoms with van der Waals surface area (Å²) in [5.41, 5.74) is 3.74. The lowest BCUT2D eigenvalue weighted by molar-refractivity contribution is -0.113. The third-order valence-electron chi connectivity index (χ3n) is 6.93. The average molecular weight is 666 g/mol. The molecular formula is C32H35N5O7S2. The van der Waals surface area contributed by atoms with Crippen molar-refractivity contribution in [2.24, 2.45) is 0 Å². The molecule has 4 rings (SSSR count). The summed E-state index contributed by atoms with van der Waals surface area (Å²) >= 11 is 2.09. The van der Waals surface area contributed by atoms with Gasteiger partial charge in [0.2, 0.25) is 5.91 Å². The number of hydrogen-bond donors (Lipinski definition) is 2. The first-order valence-corrected chi connectivity index (χ1v) is 16.2. The number of aryl methyl sites for hydroxylation is 1. The molecule has 0 saturated heterocycles. The Morgan fingerprint density at radius 2 is 1.65 bits per heavy atom. The van der Waals surface area contributed by atoms with Crippen molar-refractivity contribution in [1.29, 1.82) is 0 Å². The molecule has 0 atom stereocenters. The summed E-state index contributed by atoms with van der Waals surface area (Å²) in [6.07, 6.45) is 0. The second kappa shape index (κ2) is 15.5. The van der Waals surface area contributed by atoms with Crippen molar-refractivity contribution < 1.29 is 33.4 Å². The lowest BCUT2D eigenvalue weighted by Crippen LogP contribution is -2.25. The summed E-state index contributed by atoms with van der Waals surface area (Å²) in [5.74, 6) is -1.04. The van der Waals surface area contributed by atoms with E-state index in [9.17, 15) is 19.2 Å². The van der Waals surface area contributed by atoms with Gasteiger partial charge in [-0.25, -0.2) is 9.59 Å². The van der Waals surface area contributed by atoms with Crippen LogP contribution in [0.1, 0.15) is 66.7 Å². The number of hydrogen-bond acceptors (Lipinski definition) is 11. The highest BCUT2D eigenvalue weighted by molar-refractivity contribution is 7.99. The van der Waals surface area contributed by atoms with Crippen LogP contribution in [-0.4, -0.2) is 64.6 Å². The van der Waals surface area contributed by atoms with Gasteiger partial charge in [0.1, 0.15) is 15.6 Å². The highest BCUT2D eigenvalue weighted by Gasteiger charge is 2.28. The van der Waals surface area contributed by atoms with Crippen LogP contribution in [0.25, 0.3) is 5.69 Å². The molecule has 0 saturated carbocycles. The second-order valence-electron chi connectivity index (χ2n) is 9.91. The quantitative estimate of drug-likeness (QED) is 0.143. The number of esters is 2. The number of ether oxygens (including phenoxy) is 3. The molecule has 14 heteroatoms. The van der Waals surface area contributed by atoms with Gasteiger partial charge < -0.3 is 24.8 Å². The molecule has 0 radical (unpaired) electrons. The van der Waals surface area contributed by atoms with Gasteiger partial charge in [-0.05, 0) is 75.6 Å². The lowest BCUT2D eigenvalue weighted by atomic mass is 10.1. The van der Waals surface area contributed by atoms with Gasteiger partial charge >= 0.3 is 11.9 Å². The van der Waals surface area contributed by atoms with E-state index in [2.05, 4.69) is 20.8 Å². The van der Waals surface area contributed by atoms with Crippen LogP contribution in [0, 0.1) is 20.8 Å². The molecular weight excluding hydrogens is 631 g/mol. The molecule has 2 aromatic carbocycles. The minimum absolute atomic E-state index is 0.0667. The highest BCUT2D eigenvalue weighted by atomic mass is 32.2. The van der Waals surface area contributed by atoms with Crippen molar-refractivity contribution in [3.63, 3.8) is 0 Å². The fraction of sp³-hybridized carbons (Fsp3) is 0.312. The van der Waals surface area contributed by atoms with Crippen LogP contribution in [0.5, 0.6) is 5.75 Å². The van der Waals surface area contributed by atoms with E-state index in [1.54, 1.807) is 45.0 Å². The molecule has 0 bridgehead atoms. The zero-order chi connectivity index (χ0) is 33.4. The summed E-state index contributed by atoms with van der Waals surface area (Å²) in [5, 5.41) is 15.0. The molecule has 0 aliphatic heterocycles. The molecule has 2 aromatic heterocycles. The first-order chi connectivity index (χ1) is 22.1. The zero-order valence-electron chi connectivity index (χ0n) is 26.4. The lowest BCUT2D eigenvalue weighted by Gasteiger charge is -2.15. The van der Waals surface area contributed by atoms with E-state index in [0.717, 1.165) is 39.9 Å². The Bertz CT molecular complexity index is 1770. The summed E-state index contributed by atoms with van der Waals surface area (Å²) in [7, 11) is 1.53. The van der Waals surface area contributed by atoms with Crippen molar-refractivity contribution in [3.8, 4) is 11.4 Å². The number of carbonyl (C=O) groups excluding carboxylic acids is 4. The number of amides is 2. The van der Waals surface area contributed by atoms with E-state index in [1.165, 1.54) is 7.11 Å². The largest absolute Gasteiger partial charge is 0.497 e. The fourth-order valence-corrected chi connectivity index (χ4v) is 6.36. The first-order valence-electron chi connectivity index (χ1n) is 14.4. The van der Waals surface area contributed by atoms with Crippen LogP contribution < -0.4 is 15.4 Å². The monoisotopic (exact) mass is 665 g/mol. The molecule has 0 unspecified atom stereocenters. The molecule has 0 aliphatic carbocycles. The molecule has 2 amide bonds. The Kier molecular flexibility index (Phi) is 11.6. The number of nitrogens with zero attached hydrogens (tertiary/aromatic N) is 3. The summed E-state index contributed by atoms with van der Waals surface area (Å²) in [6.45, 7) is 9.29. The first kappa shape index (κ1) is 34.2. The van der Waals surface area contributed by atoms with Crippen molar-refractivity contribution in [2.45, 2.75) is 46.3 Å². The van der Waals surface area contributed by atoms with E-state index in [4.69, 9.17) is 14.2 Å². The van der Waals surface area contributed by atoms with Crippen molar-refractivity contribution in [1.82, 2.24) is 20.1 Å². The normalized spacial score (nSPS) is 10.7. The Balaban J connectivity index is 1.57. The Morgan fingerprint density at radius 3 is 2.37 bits per heavy atom. The Labute approximate surface area is 274 Å². The van der Waals surface area contributed by atoms with Crippen LogP contribution in [0.15, 0.2) is 47.6 Å². The summed E-state index contributed by atoms with van der Waals surface area (Å²) in [4.78, 5) is 51.6. The van der Waals surface area contributed by atoms with Crippen LogP contribution in [0.2, 0.25) is 0 Å². The number of aromatic nitrogens is 3. The zero-order valence-corrected chi connectivity index (χ0v) is 28.0. The maximum atomic E-state index is 13.2. The van der Waals surface area contributed by atoms with Gasteiger partial charge in [-0.3, -0.25) is 14.2 Å². The van der Waals surface area contributed by atoms with Gasteiger partial charge in [-0.2, -0.15) is 0 Å². The molecule has 242 valence electrons. The van der Waals surface area contributed by atoms with Gasteiger partial charge in [0.15, 0.2) is 11.0 Å². The number of thiophene rings is 1. The van der Waals surface area contributed by atoms with E-state index >= 15 is 0 Å². The van der Waals surface area contributed by atoms with Crippen molar-refractivity contribution in [2.75, 3.05) is 31.4 Å². The summed E-state index contributed by atoms with van der Waals surface area (Å²) < 4.78 is 17.3. The third kappa shape index (κ3) is 7.74. The van der Waals surface area contributed by atoms with Crippen molar-refractivity contribution in [3.05, 3.63) is 81.0 Å². The predicted octanol–water partition coefficient (Wildman–Crippen LogP) is 5.28. The fourth-order valence-electron chi connectivity index (χ4n) is 4.49. The number of carbonyl (C=O) groups is 4. The average Bonchev–Trinajstić information content (AvgIpc) is 3.60. The van der Waals surface area contributed by atoms with Crippen LogP contribution >= 0.6 is 23.1 Å². The number of anilines is 1. The molecule has 2 heterocycles. The van der Waals surface area contributed by atoms with Gasteiger partial charge in [-0.1, -0.05) is 30.0 Å². The van der Waals surface area contributed by atoms with Gasteiger partial charge in [0.25, 0.3) is 5.91 Å². The number of methoxy groups -OCH3 is 1. The maximum absolute atomic E-state index is 13.2. The minimum Gasteiger partial charge on any atom is -0.497 e. The Morgan fingerprint density at radius 1 is 0.935 bits per heavy atom. The Hall–Kier alpha value is -4.69. The topological polar surface area (TPSA) is 151 Å². The van der Waals surface area contributed by atoms with E-state index in [1.807, 2.05) is 36.6 Å². The van der Waals surface area contributed by atoms with Gasteiger partial charge in [0.05, 0.1) is 43.9 Å². The second-order valence-corrected chi connectivity index (χ2v) is 11.9. The van der Waals surface area contributed by atoms with Crippen LogP contribution in [0.3, 0.4) is 0 Å². The van der Waals surface area contributed by atoms with Gasteiger partial charge in [-0.15, -0.1) is 21.5 Å². The molecule has 46 heavy (non-hydrogen) atoms. The van der Waals surface area contributed by atoms with Gasteiger partial charge in [0, 0.05) is 5.56 Å². The number of benzene rings is 2. The van der Waals surface area contributed by atoms with Crippen LogP contribution in [-0.2, 0) is 20.8 Å². The van der Waals surface area contributed by atoms with E-state index in [-0.39, 0.29) is 46.9 Å². The third-order valence-corrected chi connectivity index (χ3v) is 9.05. The number of nitrogens with one attached hydrogen (secondary N) is 2. The molecule has 0 aliphatic rings. The molecule has 0 fully saturated rings. The molecule has 12 nitrogen and oxygen atoms in total. The number of rotatable bonds is 13.